The molecule has 0 bridgehead atoms. The zero-order valence-electron chi connectivity index (χ0n) is 17.9. The first kappa shape index (κ1) is 19.8. The molecule has 1 aliphatic carbocycles. The smallest absolute Gasteiger partial charge is 0.162 e. The van der Waals surface area contributed by atoms with Gasteiger partial charge in [-0.2, -0.15) is 0 Å². The van der Waals surface area contributed by atoms with Gasteiger partial charge < -0.3 is 9.80 Å². The Bertz CT molecular complexity index is 885. The van der Waals surface area contributed by atoms with Crippen LogP contribution in [-0.4, -0.2) is 18.5 Å². The lowest BCUT2D eigenvalue weighted by Gasteiger charge is -2.51. The fourth-order valence-electron chi connectivity index (χ4n) is 4.80. The van der Waals surface area contributed by atoms with Crippen LogP contribution in [0.1, 0.15) is 52.9 Å². The zero-order valence-corrected chi connectivity index (χ0v) is 17.9. The predicted octanol–water partition coefficient (Wildman–Crippen LogP) is 6.17. The maximum atomic E-state index is 13.2. The summed E-state index contributed by atoms with van der Waals surface area (Å²) in [7, 11) is 0. The minimum atomic E-state index is 0.00711. The summed E-state index contributed by atoms with van der Waals surface area (Å²) in [5, 5.41) is 0. The van der Waals surface area contributed by atoms with Crippen LogP contribution in [0.25, 0.3) is 0 Å². The molecule has 1 atom stereocenters. The van der Waals surface area contributed by atoms with E-state index < -0.39 is 0 Å². The number of anilines is 2. The number of benzene rings is 2. The molecule has 0 aromatic heterocycles. The van der Waals surface area contributed by atoms with Crippen molar-refractivity contribution in [2.45, 2.75) is 59.0 Å². The SMILES string of the molecule is CCCC[C@H]1N(c2ccccc2)CC2=C(CC(C)(C)CC2=O)N1c1ccccc1. The zero-order chi connectivity index (χ0) is 20.4. The van der Waals surface area contributed by atoms with Gasteiger partial charge in [0.25, 0.3) is 0 Å². The van der Waals surface area contributed by atoms with E-state index in [1.807, 2.05) is 0 Å². The van der Waals surface area contributed by atoms with Crippen molar-refractivity contribution in [3.63, 3.8) is 0 Å². The lowest BCUT2D eigenvalue weighted by Crippen LogP contribution is -2.56. The second-order valence-electron chi connectivity index (χ2n) is 9.16. The number of nitrogens with zero attached hydrogens (tertiary/aromatic N) is 2. The molecule has 3 heteroatoms. The number of unbranched alkanes of at least 4 members (excludes halogenated alkanes) is 1. The summed E-state index contributed by atoms with van der Waals surface area (Å²) in [5.74, 6) is 0.312. The standard InChI is InChI=1S/C26H32N2O/c1-4-5-16-25-27(20-12-8-6-9-13-20)19-22-23(17-26(2,3)18-24(22)29)28(25)21-14-10-7-11-15-21/h6-15,25H,4-5,16-19H2,1-3H3/t25-/m0/s1. The van der Waals surface area contributed by atoms with Crippen LogP contribution < -0.4 is 9.80 Å². The summed E-state index contributed by atoms with van der Waals surface area (Å²) < 4.78 is 0. The molecule has 0 fully saturated rings. The van der Waals surface area contributed by atoms with Crippen molar-refractivity contribution in [2.24, 2.45) is 5.41 Å². The number of Topliss-reactive ketones (excluding diaryl/α,β-unsaturated/α-hetero) is 1. The van der Waals surface area contributed by atoms with E-state index in [4.69, 9.17) is 0 Å². The van der Waals surface area contributed by atoms with E-state index >= 15 is 0 Å². The van der Waals surface area contributed by atoms with Crippen LogP contribution >= 0.6 is 0 Å². The molecule has 152 valence electrons. The maximum Gasteiger partial charge on any atom is 0.162 e. The minimum Gasteiger partial charge on any atom is -0.346 e. The van der Waals surface area contributed by atoms with Gasteiger partial charge in [-0.1, -0.05) is 63.6 Å². The van der Waals surface area contributed by atoms with Crippen LogP contribution in [-0.2, 0) is 4.79 Å². The van der Waals surface area contributed by atoms with Gasteiger partial charge in [-0.25, -0.2) is 0 Å². The highest BCUT2D eigenvalue weighted by Gasteiger charge is 2.42. The summed E-state index contributed by atoms with van der Waals surface area (Å²) >= 11 is 0. The van der Waals surface area contributed by atoms with Crippen LogP contribution in [0.2, 0.25) is 0 Å². The maximum absolute atomic E-state index is 13.2. The third-order valence-electron chi connectivity index (χ3n) is 6.19. The number of carbonyl (C=O) groups excluding carboxylic acids is 1. The molecule has 2 aromatic rings. The third kappa shape index (κ3) is 3.96. The number of ketones is 1. The van der Waals surface area contributed by atoms with E-state index in [9.17, 15) is 4.79 Å². The van der Waals surface area contributed by atoms with Crippen molar-refractivity contribution in [3.8, 4) is 0 Å². The summed E-state index contributed by atoms with van der Waals surface area (Å²) in [6.07, 6.45) is 5.21. The Labute approximate surface area is 175 Å². The molecule has 0 unspecified atom stereocenters. The molecule has 29 heavy (non-hydrogen) atoms. The molecular weight excluding hydrogens is 356 g/mol. The highest BCUT2D eigenvalue weighted by Crippen LogP contribution is 2.44. The van der Waals surface area contributed by atoms with E-state index in [0.717, 1.165) is 31.3 Å². The van der Waals surface area contributed by atoms with Crippen molar-refractivity contribution < 1.29 is 4.79 Å². The molecule has 4 rings (SSSR count). The molecule has 2 aromatic carbocycles. The normalized spacial score (nSPS) is 21.3. The summed E-state index contributed by atoms with van der Waals surface area (Å²) in [6.45, 7) is 7.41. The van der Waals surface area contributed by atoms with Gasteiger partial charge in [0, 0.05) is 29.1 Å². The van der Waals surface area contributed by atoms with Gasteiger partial charge >= 0.3 is 0 Å². The summed E-state index contributed by atoms with van der Waals surface area (Å²) in [4.78, 5) is 18.1. The Hall–Kier alpha value is -2.55. The van der Waals surface area contributed by atoms with Crippen LogP contribution in [0, 0.1) is 5.41 Å². The molecule has 2 aliphatic rings. The lowest BCUT2D eigenvalue weighted by atomic mass is 9.74. The van der Waals surface area contributed by atoms with Crippen molar-refractivity contribution >= 4 is 17.2 Å². The van der Waals surface area contributed by atoms with Gasteiger partial charge in [-0.3, -0.25) is 4.79 Å². The molecule has 1 aliphatic heterocycles. The van der Waals surface area contributed by atoms with Gasteiger partial charge in [0.05, 0.1) is 6.54 Å². The lowest BCUT2D eigenvalue weighted by molar-refractivity contribution is -0.118. The molecule has 0 radical (unpaired) electrons. The Kier molecular flexibility index (Phi) is 5.49. The van der Waals surface area contributed by atoms with E-state index in [1.54, 1.807) is 0 Å². The Morgan fingerprint density at radius 2 is 1.55 bits per heavy atom. The van der Waals surface area contributed by atoms with Crippen molar-refractivity contribution in [1.29, 1.82) is 0 Å². The van der Waals surface area contributed by atoms with Crippen LogP contribution in [0.3, 0.4) is 0 Å². The van der Waals surface area contributed by atoms with Gasteiger partial charge in [-0.15, -0.1) is 0 Å². The topological polar surface area (TPSA) is 23.6 Å². The fourth-order valence-corrected chi connectivity index (χ4v) is 4.80. The first-order valence-corrected chi connectivity index (χ1v) is 10.9. The Morgan fingerprint density at radius 3 is 2.17 bits per heavy atom. The quantitative estimate of drug-likeness (QED) is 0.612. The molecule has 0 spiro atoms. The summed E-state index contributed by atoms with van der Waals surface area (Å²) in [6, 6.07) is 21.2. The van der Waals surface area contributed by atoms with Crippen molar-refractivity contribution in [2.75, 3.05) is 16.3 Å². The van der Waals surface area contributed by atoms with Crippen LogP contribution in [0.4, 0.5) is 11.4 Å². The number of carbonyl (C=O) groups is 1. The van der Waals surface area contributed by atoms with Gasteiger partial charge in [-0.05, 0) is 48.9 Å². The Morgan fingerprint density at radius 1 is 0.931 bits per heavy atom. The number of hydrogen-bond donors (Lipinski definition) is 0. The Balaban J connectivity index is 1.87. The van der Waals surface area contributed by atoms with Crippen LogP contribution in [0.15, 0.2) is 71.9 Å². The highest BCUT2D eigenvalue weighted by atomic mass is 16.1. The first-order chi connectivity index (χ1) is 14.0. The second-order valence-corrected chi connectivity index (χ2v) is 9.16. The van der Waals surface area contributed by atoms with Crippen molar-refractivity contribution in [1.82, 2.24) is 0 Å². The van der Waals surface area contributed by atoms with E-state index in [1.165, 1.54) is 17.1 Å². The number of rotatable bonds is 5. The molecule has 0 amide bonds. The highest BCUT2D eigenvalue weighted by molar-refractivity contribution is 5.99. The van der Waals surface area contributed by atoms with Crippen LogP contribution in [0.5, 0.6) is 0 Å². The van der Waals surface area contributed by atoms with E-state index in [0.29, 0.717) is 18.7 Å². The molecule has 1 heterocycles. The number of allylic oxidation sites excluding steroid dienone is 1. The predicted molar refractivity (Wildman–Crippen MR) is 121 cm³/mol. The minimum absolute atomic E-state index is 0.00711. The second kappa shape index (κ2) is 8.06. The fraction of sp³-hybridized carbons (Fsp3) is 0.423. The number of para-hydroxylation sites is 2. The molecule has 0 saturated heterocycles. The average molecular weight is 389 g/mol. The molecule has 3 nitrogen and oxygen atoms in total. The van der Waals surface area contributed by atoms with E-state index in [-0.39, 0.29) is 11.6 Å². The number of hydrogen-bond acceptors (Lipinski definition) is 3. The monoisotopic (exact) mass is 388 g/mol. The van der Waals surface area contributed by atoms with Crippen molar-refractivity contribution in [3.05, 3.63) is 71.9 Å². The van der Waals surface area contributed by atoms with E-state index in [2.05, 4.69) is 91.2 Å². The summed E-state index contributed by atoms with van der Waals surface area (Å²) in [5.41, 5.74) is 4.63. The van der Waals surface area contributed by atoms with Gasteiger partial charge in [0.2, 0.25) is 0 Å². The van der Waals surface area contributed by atoms with Gasteiger partial charge in [0.15, 0.2) is 5.78 Å². The van der Waals surface area contributed by atoms with Gasteiger partial charge in [0.1, 0.15) is 6.17 Å². The molecule has 0 saturated carbocycles. The largest absolute Gasteiger partial charge is 0.346 e. The average Bonchev–Trinajstić information content (AvgIpc) is 2.72. The molecule has 0 N–H and O–H groups in total. The first-order valence-electron chi connectivity index (χ1n) is 10.9. The molecular formula is C26H32N2O. The third-order valence-corrected chi connectivity index (χ3v) is 6.19.